The van der Waals surface area contributed by atoms with Gasteiger partial charge in [0.2, 0.25) is 5.91 Å². The Hall–Kier alpha value is -3.59. The van der Waals surface area contributed by atoms with E-state index in [9.17, 15) is 18.8 Å². The van der Waals surface area contributed by atoms with Gasteiger partial charge >= 0.3 is 11.9 Å². The van der Waals surface area contributed by atoms with Gasteiger partial charge in [-0.1, -0.05) is 12.1 Å². The number of esters is 2. The summed E-state index contributed by atoms with van der Waals surface area (Å²) in [7, 11) is 0. The summed E-state index contributed by atoms with van der Waals surface area (Å²) in [6.45, 7) is 3.67. The molecule has 7 nitrogen and oxygen atoms in total. The Morgan fingerprint density at radius 2 is 1.66 bits per heavy atom. The molecule has 3 rings (SSSR count). The lowest BCUT2D eigenvalue weighted by atomic mass is 10.1. The second-order valence-electron chi connectivity index (χ2n) is 6.62. The van der Waals surface area contributed by atoms with Crippen molar-refractivity contribution in [2.75, 3.05) is 18.5 Å². The molecule has 166 valence electrons. The molecule has 0 spiro atoms. The molecule has 0 saturated carbocycles. The number of aromatic nitrogens is 1. The Balaban J connectivity index is 1.76. The van der Waals surface area contributed by atoms with E-state index in [1.165, 1.54) is 41.7 Å². The molecule has 2 aromatic carbocycles. The fourth-order valence-electron chi connectivity index (χ4n) is 2.88. The Bertz CT molecular complexity index is 1110. The third-order valence-corrected chi connectivity index (χ3v) is 5.14. The molecule has 0 saturated heterocycles. The van der Waals surface area contributed by atoms with Gasteiger partial charge in [0.1, 0.15) is 10.8 Å². The van der Waals surface area contributed by atoms with Gasteiger partial charge in [-0.05, 0) is 44.2 Å². The molecule has 1 amide bonds. The zero-order chi connectivity index (χ0) is 23.1. The van der Waals surface area contributed by atoms with E-state index in [0.29, 0.717) is 16.3 Å². The number of halogens is 1. The smallest absolute Gasteiger partial charge is 0.338 e. The van der Waals surface area contributed by atoms with Crippen LogP contribution >= 0.6 is 11.3 Å². The van der Waals surface area contributed by atoms with E-state index in [4.69, 9.17) is 9.47 Å². The van der Waals surface area contributed by atoms with E-state index >= 15 is 0 Å². The van der Waals surface area contributed by atoms with Crippen molar-refractivity contribution in [2.24, 2.45) is 0 Å². The molecule has 0 radical (unpaired) electrons. The van der Waals surface area contributed by atoms with Gasteiger partial charge in [0.05, 0.1) is 36.5 Å². The predicted molar refractivity (Wildman–Crippen MR) is 118 cm³/mol. The highest BCUT2D eigenvalue weighted by atomic mass is 32.1. The number of hydrogen-bond acceptors (Lipinski definition) is 7. The molecular weight excluding hydrogens is 435 g/mol. The molecule has 0 bridgehead atoms. The van der Waals surface area contributed by atoms with Crippen molar-refractivity contribution < 1.29 is 28.2 Å². The maximum absolute atomic E-state index is 13.4. The van der Waals surface area contributed by atoms with Crippen LogP contribution < -0.4 is 5.32 Å². The minimum atomic E-state index is -0.617. The zero-order valence-electron chi connectivity index (χ0n) is 17.5. The summed E-state index contributed by atoms with van der Waals surface area (Å²) in [4.78, 5) is 41.2. The highest BCUT2D eigenvalue weighted by molar-refractivity contribution is 7.13. The van der Waals surface area contributed by atoms with Crippen molar-refractivity contribution >= 4 is 34.9 Å². The molecule has 1 aromatic heterocycles. The SMILES string of the molecule is CCOC(=O)c1cc(NC(=O)Cc2csc(-c3cccc(F)c3)n2)cc(C(=O)OCC)c1. The Morgan fingerprint density at radius 3 is 2.25 bits per heavy atom. The van der Waals surface area contributed by atoms with Gasteiger partial charge in [-0.25, -0.2) is 19.0 Å². The molecule has 0 aliphatic rings. The molecule has 0 fully saturated rings. The summed E-state index contributed by atoms with van der Waals surface area (Å²) in [5.41, 5.74) is 1.63. The lowest BCUT2D eigenvalue weighted by Gasteiger charge is -2.10. The van der Waals surface area contributed by atoms with Crippen LogP contribution in [-0.2, 0) is 20.7 Å². The van der Waals surface area contributed by atoms with Crippen LogP contribution in [0.25, 0.3) is 10.6 Å². The lowest BCUT2D eigenvalue weighted by Crippen LogP contribution is -2.16. The number of hydrogen-bond donors (Lipinski definition) is 1. The number of nitrogens with one attached hydrogen (secondary N) is 1. The maximum atomic E-state index is 13.4. The number of nitrogens with zero attached hydrogens (tertiary/aromatic N) is 1. The molecule has 3 aromatic rings. The Kier molecular flexibility index (Phi) is 7.67. The number of thiazole rings is 1. The summed E-state index contributed by atoms with van der Waals surface area (Å²) in [6.07, 6.45) is -0.0375. The van der Waals surface area contributed by atoms with Gasteiger partial charge in [-0.3, -0.25) is 4.79 Å². The molecule has 0 unspecified atom stereocenters. The first-order valence-electron chi connectivity index (χ1n) is 9.89. The third kappa shape index (κ3) is 5.98. The fourth-order valence-corrected chi connectivity index (χ4v) is 3.69. The first kappa shape index (κ1) is 23.1. The summed E-state index contributed by atoms with van der Waals surface area (Å²) in [5.74, 6) is -1.99. The molecule has 9 heteroatoms. The van der Waals surface area contributed by atoms with Crippen LogP contribution in [0.4, 0.5) is 10.1 Å². The molecule has 0 aliphatic carbocycles. The quantitative estimate of drug-likeness (QED) is 0.502. The minimum absolute atomic E-state index is 0.0375. The van der Waals surface area contributed by atoms with Crippen LogP contribution in [0.2, 0.25) is 0 Å². The van der Waals surface area contributed by atoms with Crippen LogP contribution in [0.1, 0.15) is 40.3 Å². The summed E-state index contributed by atoms with van der Waals surface area (Å²) >= 11 is 1.30. The van der Waals surface area contributed by atoms with Crippen LogP contribution in [-0.4, -0.2) is 36.0 Å². The van der Waals surface area contributed by atoms with Crippen molar-refractivity contribution in [3.63, 3.8) is 0 Å². The van der Waals surface area contributed by atoms with Crippen molar-refractivity contribution in [1.82, 2.24) is 4.98 Å². The molecule has 1 heterocycles. The normalized spacial score (nSPS) is 10.5. The molecule has 32 heavy (non-hydrogen) atoms. The minimum Gasteiger partial charge on any atom is -0.462 e. The predicted octanol–water partition coefficient (Wildman–Crippen LogP) is 4.48. The number of benzene rings is 2. The first-order chi connectivity index (χ1) is 15.4. The number of amides is 1. The number of anilines is 1. The van der Waals surface area contributed by atoms with Crippen LogP contribution in [0, 0.1) is 5.82 Å². The number of rotatable bonds is 8. The second-order valence-corrected chi connectivity index (χ2v) is 7.48. The van der Waals surface area contributed by atoms with E-state index in [1.807, 2.05) is 0 Å². The van der Waals surface area contributed by atoms with Gasteiger partial charge in [0.25, 0.3) is 0 Å². The van der Waals surface area contributed by atoms with E-state index in [1.54, 1.807) is 31.4 Å². The monoisotopic (exact) mass is 456 g/mol. The molecule has 1 N–H and O–H groups in total. The van der Waals surface area contributed by atoms with Crippen LogP contribution in [0.3, 0.4) is 0 Å². The summed E-state index contributed by atoms with van der Waals surface area (Å²) in [5, 5.41) is 4.99. The zero-order valence-corrected chi connectivity index (χ0v) is 18.3. The van der Waals surface area contributed by atoms with Gasteiger partial charge in [0, 0.05) is 16.6 Å². The largest absolute Gasteiger partial charge is 0.462 e. The molecule has 0 atom stereocenters. The molecule has 0 aliphatic heterocycles. The third-order valence-electron chi connectivity index (χ3n) is 4.20. The van der Waals surface area contributed by atoms with Crippen molar-refractivity contribution in [1.29, 1.82) is 0 Å². The Morgan fingerprint density at radius 1 is 1.00 bits per heavy atom. The highest BCUT2D eigenvalue weighted by Gasteiger charge is 2.16. The maximum Gasteiger partial charge on any atom is 0.338 e. The molecular formula is C23H21FN2O5S. The highest BCUT2D eigenvalue weighted by Crippen LogP contribution is 2.25. The Labute approximate surface area is 188 Å². The average molecular weight is 456 g/mol. The average Bonchev–Trinajstić information content (AvgIpc) is 3.22. The van der Waals surface area contributed by atoms with Crippen LogP contribution in [0.5, 0.6) is 0 Å². The first-order valence-corrected chi connectivity index (χ1v) is 10.8. The summed E-state index contributed by atoms with van der Waals surface area (Å²) in [6, 6.07) is 10.3. The fraction of sp³-hybridized carbons (Fsp3) is 0.217. The van der Waals surface area contributed by atoms with Crippen molar-refractivity contribution in [2.45, 2.75) is 20.3 Å². The van der Waals surface area contributed by atoms with E-state index in [2.05, 4.69) is 10.3 Å². The summed E-state index contributed by atoms with van der Waals surface area (Å²) < 4.78 is 23.4. The van der Waals surface area contributed by atoms with Crippen molar-refractivity contribution in [3.8, 4) is 10.6 Å². The van der Waals surface area contributed by atoms with Gasteiger partial charge in [-0.15, -0.1) is 11.3 Å². The van der Waals surface area contributed by atoms with E-state index < -0.39 is 17.8 Å². The van der Waals surface area contributed by atoms with Gasteiger partial charge < -0.3 is 14.8 Å². The topological polar surface area (TPSA) is 94.6 Å². The van der Waals surface area contributed by atoms with E-state index in [-0.39, 0.29) is 42.3 Å². The van der Waals surface area contributed by atoms with Gasteiger partial charge in [-0.2, -0.15) is 0 Å². The van der Waals surface area contributed by atoms with Gasteiger partial charge in [0.15, 0.2) is 0 Å². The number of carbonyl (C=O) groups excluding carboxylic acids is 3. The van der Waals surface area contributed by atoms with Crippen molar-refractivity contribution in [3.05, 3.63) is 70.5 Å². The van der Waals surface area contributed by atoms with Crippen LogP contribution in [0.15, 0.2) is 47.8 Å². The van der Waals surface area contributed by atoms with E-state index in [0.717, 1.165) is 0 Å². The lowest BCUT2D eigenvalue weighted by molar-refractivity contribution is -0.115. The number of ether oxygens (including phenoxy) is 2. The standard InChI is InChI=1S/C23H21FN2O5S/c1-3-30-22(28)15-8-16(23(29)31-4-2)11-18(10-15)25-20(27)12-19-13-32-21(26-19)14-6-5-7-17(24)9-14/h5-11,13H,3-4,12H2,1-2H3,(H,25,27). The number of carbonyl (C=O) groups is 3. The second kappa shape index (κ2) is 10.6.